The lowest BCUT2D eigenvalue weighted by Crippen LogP contribution is -2.45. The highest BCUT2D eigenvalue weighted by atomic mass is 16.5. The van der Waals surface area contributed by atoms with Gasteiger partial charge in [0.15, 0.2) is 0 Å². The van der Waals surface area contributed by atoms with Crippen molar-refractivity contribution in [1.82, 2.24) is 20.0 Å². The Bertz CT molecular complexity index is 1890. The van der Waals surface area contributed by atoms with Crippen LogP contribution in [0.3, 0.4) is 0 Å². The van der Waals surface area contributed by atoms with Crippen molar-refractivity contribution in [3.8, 4) is 11.8 Å². The number of fused-ring (bicyclic) bond motifs is 7. The molecule has 9 heteroatoms. The smallest absolute Gasteiger partial charge is 0.248 e. The zero-order valence-electron chi connectivity index (χ0n) is 21.5. The van der Waals surface area contributed by atoms with Gasteiger partial charge < -0.3 is 20.4 Å². The number of carbonyl (C=O) groups is 1. The van der Waals surface area contributed by atoms with Crippen molar-refractivity contribution in [2.24, 2.45) is 5.73 Å². The Labute approximate surface area is 224 Å². The second kappa shape index (κ2) is 8.20. The molecule has 2 aromatic heterocycles. The maximum atomic E-state index is 14.7. The number of rotatable bonds is 4. The zero-order valence-corrected chi connectivity index (χ0v) is 21.5. The van der Waals surface area contributed by atoms with Gasteiger partial charge in [-0.3, -0.25) is 4.79 Å². The van der Waals surface area contributed by atoms with Crippen molar-refractivity contribution in [3.63, 3.8) is 0 Å². The van der Waals surface area contributed by atoms with Crippen LogP contribution in [0.4, 0.5) is 5.69 Å². The topological polar surface area (TPSA) is 126 Å². The van der Waals surface area contributed by atoms with E-state index in [0.717, 1.165) is 28.2 Å². The molecule has 1 amide bonds. The predicted molar refractivity (Wildman–Crippen MR) is 147 cm³/mol. The summed E-state index contributed by atoms with van der Waals surface area (Å²) in [6.45, 7) is 4.36. The number of nitrogens with two attached hydrogens (primary N) is 1. The monoisotopic (exact) mass is 515 g/mol. The van der Waals surface area contributed by atoms with Crippen LogP contribution in [-0.2, 0) is 16.8 Å². The largest absolute Gasteiger partial charge is 0.440 e. The van der Waals surface area contributed by atoms with E-state index in [-0.39, 0.29) is 29.9 Å². The molecule has 0 bridgehead atoms. The van der Waals surface area contributed by atoms with Crippen molar-refractivity contribution in [2.45, 2.75) is 38.3 Å². The fraction of sp³-hybridized carbons (Fsp3) is 0.200. The summed E-state index contributed by atoms with van der Waals surface area (Å²) in [6.07, 6.45) is 2.78. The fourth-order valence-electron chi connectivity index (χ4n) is 5.95. The van der Waals surface area contributed by atoms with Gasteiger partial charge in [-0.05, 0) is 37.6 Å². The maximum Gasteiger partial charge on any atom is 0.248 e. The Balaban J connectivity index is 1.46. The van der Waals surface area contributed by atoms with Crippen molar-refractivity contribution in [2.75, 3.05) is 4.90 Å². The number of para-hydroxylation sites is 2. The second-order valence-corrected chi connectivity index (χ2v) is 10.1. The summed E-state index contributed by atoms with van der Waals surface area (Å²) in [7, 11) is 0. The lowest BCUT2D eigenvalue weighted by atomic mass is 9.68. The number of nitriles is 1. The Morgan fingerprint density at radius 3 is 2.72 bits per heavy atom. The Hall–Kier alpha value is -5.10. The molecule has 0 saturated heterocycles. The molecule has 4 heterocycles. The molecule has 2 unspecified atom stereocenters. The van der Waals surface area contributed by atoms with Gasteiger partial charge in [-0.1, -0.05) is 48.5 Å². The van der Waals surface area contributed by atoms with Crippen LogP contribution in [0, 0.1) is 11.3 Å². The minimum atomic E-state index is -1.46. The summed E-state index contributed by atoms with van der Waals surface area (Å²) in [6, 6.07) is 21.8. The van der Waals surface area contributed by atoms with Gasteiger partial charge in [-0.25, -0.2) is 4.68 Å². The number of ether oxygens (including phenoxy) is 1. The van der Waals surface area contributed by atoms with E-state index >= 15 is 0 Å². The van der Waals surface area contributed by atoms with Gasteiger partial charge in [0, 0.05) is 38.6 Å². The fourth-order valence-corrected chi connectivity index (χ4v) is 5.95. The Morgan fingerprint density at radius 2 is 1.90 bits per heavy atom. The number of aromatic amines is 1. The molecule has 3 aromatic carbocycles. The molecule has 1 spiro atoms. The lowest BCUT2D eigenvalue weighted by molar-refractivity contribution is -0.121. The number of hydrogen-bond acceptors (Lipinski definition) is 6. The van der Waals surface area contributed by atoms with Gasteiger partial charge in [0.2, 0.25) is 11.8 Å². The highest BCUT2D eigenvalue weighted by molar-refractivity contribution is 6.15. The van der Waals surface area contributed by atoms with Crippen LogP contribution >= 0.6 is 0 Å². The van der Waals surface area contributed by atoms with Gasteiger partial charge in [0.05, 0.1) is 18.8 Å². The Morgan fingerprint density at radius 1 is 1.10 bits per heavy atom. The summed E-state index contributed by atoms with van der Waals surface area (Å²) in [5, 5.41) is 21.0. The first-order valence-corrected chi connectivity index (χ1v) is 12.9. The molecule has 2 aliphatic rings. The number of aromatic nitrogens is 4. The summed E-state index contributed by atoms with van der Waals surface area (Å²) >= 11 is 0. The highest BCUT2D eigenvalue weighted by Gasteiger charge is 2.59. The number of amides is 1. The first-order valence-electron chi connectivity index (χ1n) is 12.9. The number of nitrogens with one attached hydrogen (secondary N) is 1. The molecule has 0 aliphatic carbocycles. The SMILES string of the molecule is CCC(C)n1cc(CN2C(=O)C3(C(C#N)=C(N)Oc4cc5c(cc43)[nH]c3ccccc35)c3ccccc32)nn1. The van der Waals surface area contributed by atoms with Gasteiger partial charge >= 0.3 is 0 Å². The molecular weight excluding hydrogens is 490 g/mol. The van der Waals surface area contributed by atoms with Crippen molar-refractivity contribution in [3.05, 3.63) is 95.1 Å². The number of hydrogen-bond donors (Lipinski definition) is 2. The maximum absolute atomic E-state index is 14.7. The molecule has 2 aliphatic heterocycles. The van der Waals surface area contributed by atoms with Crippen molar-refractivity contribution < 1.29 is 9.53 Å². The van der Waals surface area contributed by atoms with Crippen LogP contribution in [0.25, 0.3) is 21.8 Å². The molecule has 9 nitrogen and oxygen atoms in total. The average Bonchev–Trinajstić information content (AvgIpc) is 3.63. The molecule has 0 saturated carbocycles. The van der Waals surface area contributed by atoms with Crippen LogP contribution in [0.15, 0.2) is 78.3 Å². The third-order valence-corrected chi connectivity index (χ3v) is 8.05. The number of carbonyl (C=O) groups excluding carboxylic acids is 1. The van der Waals surface area contributed by atoms with Gasteiger partial charge in [0.1, 0.15) is 28.5 Å². The molecule has 5 aromatic rings. The zero-order chi connectivity index (χ0) is 26.9. The predicted octanol–water partition coefficient (Wildman–Crippen LogP) is 4.80. The van der Waals surface area contributed by atoms with E-state index < -0.39 is 5.41 Å². The molecule has 39 heavy (non-hydrogen) atoms. The highest BCUT2D eigenvalue weighted by Crippen LogP contribution is 2.56. The normalized spacial score (nSPS) is 18.9. The van der Waals surface area contributed by atoms with Gasteiger partial charge in [0.25, 0.3) is 0 Å². The molecule has 3 N–H and O–H groups in total. The molecule has 7 rings (SSSR count). The molecule has 0 radical (unpaired) electrons. The number of H-pyrrole nitrogens is 1. The van der Waals surface area contributed by atoms with E-state index in [1.54, 1.807) is 4.90 Å². The summed E-state index contributed by atoms with van der Waals surface area (Å²) in [5.41, 5.74) is 9.44. The van der Waals surface area contributed by atoms with Crippen LogP contribution in [0.2, 0.25) is 0 Å². The van der Waals surface area contributed by atoms with Crippen LogP contribution in [0.1, 0.15) is 43.1 Å². The standard InChI is InChI=1S/C30H25N7O2/c1-3-17(2)37-16-18(34-35-37)15-36-26-11-7-5-9-21(26)30(29(36)38)22-13-25-20(19-8-4-6-10-24(19)33-25)12-27(22)39-28(32)23(30)14-31/h4-13,16-17,33H,3,15,32H2,1-2H3. The van der Waals surface area contributed by atoms with Crippen molar-refractivity contribution in [1.29, 1.82) is 5.26 Å². The van der Waals surface area contributed by atoms with Crippen LogP contribution in [-0.4, -0.2) is 25.9 Å². The first kappa shape index (κ1) is 23.0. The van der Waals surface area contributed by atoms with E-state index in [4.69, 9.17) is 10.5 Å². The van der Waals surface area contributed by atoms with E-state index in [9.17, 15) is 10.1 Å². The van der Waals surface area contributed by atoms with Crippen LogP contribution < -0.4 is 15.4 Å². The minimum Gasteiger partial charge on any atom is -0.440 e. The number of anilines is 1. The van der Waals surface area contributed by atoms with Gasteiger partial charge in [-0.2, -0.15) is 5.26 Å². The van der Waals surface area contributed by atoms with E-state index in [1.165, 1.54) is 0 Å². The summed E-state index contributed by atoms with van der Waals surface area (Å²) in [5.74, 6) is 0.106. The third kappa shape index (κ3) is 3.03. The lowest BCUT2D eigenvalue weighted by Gasteiger charge is -2.34. The summed E-state index contributed by atoms with van der Waals surface area (Å²) < 4.78 is 7.84. The summed E-state index contributed by atoms with van der Waals surface area (Å²) in [4.78, 5) is 19.8. The molecular formula is C30H25N7O2. The number of benzene rings is 3. The minimum absolute atomic E-state index is 0.0723. The van der Waals surface area contributed by atoms with E-state index in [2.05, 4.69) is 35.2 Å². The second-order valence-electron chi connectivity index (χ2n) is 10.1. The molecule has 0 fully saturated rings. The van der Waals surface area contributed by atoms with E-state index in [0.29, 0.717) is 28.3 Å². The van der Waals surface area contributed by atoms with Crippen molar-refractivity contribution >= 4 is 33.4 Å². The van der Waals surface area contributed by atoms with E-state index in [1.807, 2.05) is 71.5 Å². The number of nitrogens with zero attached hydrogens (tertiary/aromatic N) is 5. The quantitative estimate of drug-likeness (QED) is 0.354. The Kier molecular flexibility index (Phi) is 4.85. The average molecular weight is 516 g/mol. The van der Waals surface area contributed by atoms with Crippen LogP contribution in [0.5, 0.6) is 5.75 Å². The first-order chi connectivity index (χ1) is 19.0. The molecule has 192 valence electrons. The third-order valence-electron chi connectivity index (χ3n) is 8.05. The molecule has 2 atom stereocenters. The van der Waals surface area contributed by atoms with Gasteiger partial charge in [-0.15, -0.1) is 5.10 Å².